The quantitative estimate of drug-likeness (QED) is 0.812. The summed E-state index contributed by atoms with van der Waals surface area (Å²) >= 11 is 0. The Morgan fingerprint density at radius 1 is 0.929 bits per heavy atom. The van der Waals surface area contributed by atoms with Crippen molar-refractivity contribution < 1.29 is 9.59 Å². The molecule has 0 fully saturated rings. The summed E-state index contributed by atoms with van der Waals surface area (Å²) in [4.78, 5) is 21.3. The van der Waals surface area contributed by atoms with Crippen molar-refractivity contribution in [3.63, 3.8) is 0 Å². The fraction of sp³-hybridized carbons (Fsp3) is 0.500. The number of rotatable bonds is 5. The maximum Gasteiger partial charge on any atom is 0.219 e. The molecule has 0 atom stereocenters. The summed E-state index contributed by atoms with van der Waals surface area (Å²) in [6.45, 7) is 12.5. The molecule has 0 spiro atoms. The van der Waals surface area contributed by atoms with E-state index in [0.29, 0.717) is 19.5 Å². The molecule has 156 valence electrons. The highest BCUT2D eigenvalue weighted by Crippen LogP contribution is 1.92. The second-order valence-corrected chi connectivity index (χ2v) is 5.21. The first kappa shape index (κ1) is 27.3. The molecule has 28 heavy (non-hydrogen) atoms. The standard InChI is InChI=1S/C8H11N3O.C7H9N3O.C3H8.C2H6/c1-2-8(12)9-5-7-3-4-10-11-6-7;1-6(11)8-5-7-3-2-4-9-10-7;1-3-2;1-2/h3-4,6H,2,5H2,1H3,(H,9,12);2-4H,5H2,1H3,(H,8,11);3H2,1-2H3;1-2H3. The third kappa shape index (κ3) is 17.9. The van der Waals surface area contributed by atoms with E-state index in [2.05, 4.69) is 44.9 Å². The van der Waals surface area contributed by atoms with Gasteiger partial charge in [0.15, 0.2) is 0 Å². The number of hydrogen-bond acceptors (Lipinski definition) is 6. The highest BCUT2D eigenvalue weighted by molar-refractivity contribution is 5.75. The largest absolute Gasteiger partial charge is 0.352 e. The maximum atomic E-state index is 10.8. The number of carbonyl (C=O) groups excluding carboxylic acids is 2. The lowest BCUT2D eigenvalue weighted by atomic mass is 10.3. The minimum atomic E-state index is -0.0596. The van der Waals surface area contributed by atoms with Crippen molar-refractivity contribution >= 4 is 11.8 Å². The molecule has 0 radical (unpaired) electrons. The number of carbonyl (C=O) groups is 2. The number of nitrogens with zero attached hydrogens (tertiary/aromatic N) is 4. The van der Waals surface area contributed by atoms with Crippen LogP contribution in [0.25, 0.3) is 0 Å². The van der Waals surface area contributed by atoms with Gasteiger partial charge >= 0.3 is 0 Å². The number of hydrogen-bond donors (Lipinski definition) is 2. The van der Waals surface area contributed by atoms with E-state index in [1.807, 2.05) is 32.9 Å². The molecule has 0 unspecified atom stereocenters. The van der Waals surface area contributed by atoms with Gasteiger partial charge in [0.2, 0.25) is 11.8 Å². The normalized spacial score (nSPS) is 8.50. The van der Waals surface area contributed by atoms with E-state index < -0.39 is 0 Å². The van der Waals surface area contributed by atoms with Gasteiger partial charge in [-0.05, 0) is 23.8 Å². The Morgan fingerprint density at radius 3 is 2.07 bits per heavy atom. The van der Waals surface area contributed by atoms with Gasteiger partial charge in [-0.15, -0.1) is 0 Å². The molecule has 2 aromatic heterocycles. The van der Waals surface area contributed by atoms with Gasteiger partial charge in [-0.3, -0.25) is 9.59 Å². The summed E-state index contributed by atoms with van der Waals surface area (Å²) in [5.41, 5.74) is 1.73. The Labute approximate surface area is 168 Å². The second kappa shape index (κ2) is 20.4. The number of amides is 2. The van der Waals surface area contributed by atoms with Crippen molar-refractivity contribution in [2.45, 2.75) is 67.5 Å². The van der Waals surface area contributed by atoms with Crippen LogP contribution in [0, 0.1) is 0 Å². The van der Waals surface area contributed by atoms with Crippen LogP contribution >= 0.6 is 0 Å². The van der Waals surface area contributed by atoms with Crippen LogP contribution in [0.4, 0.5) is 0 Å². The molecule has 2 N–H and O–H groups in total. The van der Waals surface area contributed by atoms with E-state index in [1.54, 1.807) is 24.7 Å². The van der Waals surface area contributed by atoms with Crippen molar-refractivity contribution in [1.29, 1.82) is 0 Å². The molecule has 2 aromatic rings. The lowest BCUT2D eigenvalue weighted by Crippen LogP contribution is -2.21. The van der Waals surface area contributed by atoms with Crippen LogP contribution in [0.2, 0.25) is 0 Å². The van der Waals surface area contributed by atoms with Gasteiger partial charge in [-0.25, -0.2) is 0 Å². The van der Waals surface area contributed by atoms with Gasteiger partial charge in [0.05, 0.1) is 18.4 Å². The Kier molecular flexibility index (Phi) is 19.9. The zero-order chi connectivity index (χ0) is 21.6. The fourth-order valence-corrected chi connectivity index (χ4v) is 1.39. The topological polar surface area (TPSA) is 110 Å². The molecule has 2 heterocycles. The lowest BCUT2D eigenvalue weighted by Gasteiger charge is -2.01. The van der Waals surface area contributed by atoms with Gasteiger partial charge in [-0.2, -0.15) is 20.4 Å². The molecule has 0 aromatic carbocycles. The van der Waals surface area contributed by atoms with Gasteiger partial charge < -0.3 is 10.6 Å². The zero-order valence-electron chi connectivity index (χ0n) is 17.9. The molecule has 2 amide bonds. The molecule has 0 bridgehead atoms. The average molecular weight is 391 g/mol. The summed E-state index contributed by atoms with van der Waals surface area (Å²) in [6.07, 6.45) is 6.60. The summed E-state index contributed by atoms with van der Waals surface area (Å²) in [5, 5.41) is 20.1. The van der Waals surface area contributed by atoms with E-state index in [-0.39, 0.29) is 11.8 Å². The predicted octanol–water partition coefficient (Wildman–Crippen LogP) is 3.06. The minimum Gasteiger partial charge on any atom is -0.352 e. The third-order valence-corrected chi connectivity index (χ3v) is 2.60. The van der Waals surface area contributed by atoms with Crippen LogP contribution in [0.5, 0.6) is 0 Å². The van der Waals surface area contributed by atoms with Gasteiger partial charge in [0, 0.05) is 32.3 Å². The van der Waals surface area contributed by atoms with Crippen LogP contribution in [0.1, 0.15) is 65.6 Å². The Bertz CT molecular complexity index is 609. The predicted molar refractivity (Wildman–Crippen MR) is 111 cm³/mol. The van der Waals surface area contributed by atoms with Crippen LogP contribution in [0.15, 0.2) is 36.8 Å². The van der Waals surface area contributed by atoms with Crippen molar-refractivity contribution in [3.05, 3.63) is 48.0 Å². The summed E-state index contributed by atoms with van der Waals surface area (Å²) in [7, 11) is 0. The molecule has 2 rings (SSSR count). The van der Waals surface area contributed by atoms with E-state index in [9.17, 15) is 9.59 Å². The molecular formula is C20H34N6O2. The van der Waals surface area contributed by atoms with Gasteiger partial charge in [-0.1, -0.05) is 41.0 Å². The van der Waals surface area contributed by atoms with E-state index >= 15 is 0 Å². The Balaban J connectivity index is 0. The summed E-state index contributed by atoms with van der Waals surface area (Å²) in [6, 6.07) is 5.41. The summed E-state index contributed by atoms with van der Waals surface area (Å²) < 4.78 is 0. The molecule has 8 heteroatoms. The average Bonchev–Trinajstić information content (AvgIpc) is 2.74. The molecule has 0 saturated heterocycles. The third-order valence-electron chi connectivity index (χ3n) is 2.60. The Morgan fingerprint density at radius 2 is 1.61 bits per heavy atom. The first-order valence-electron chi connectivity index (χ1n) is 9.56. The van der Waals surface area contributed by atoms with E-state index in [1.165, 1.54) is 13.3 Å². The monoisotopic (exact) mass is 390 g/mol. The van der Waals surface area contributed by atoms with Crippen molar-refractivity contribution in [2.75, 3.05) is 0 Å². The molecular weight excluding hydrogens is 356 g/mol. The maximum absolute atomic E-state index is 10.8. The number of aromatic nitrogens is 4. The van der Waals surface area contributed by atoms with Crippen LogP contribution in [-0.2, 0) is 22.7 Å². The minimum absolute atomic E-state index is 0.0480. The SMILES string of the molecule is CC.CC(=O)NCc1cccnn1.CCC.CCC(=O)NCc1ccnnc1. The van der Waals surface area contributed by atoms with E-state index in [4.69, 9.17) is 0 Å². The van der Waals surface area contributed by atoms with Crippen LogP contribution in [0.3, 0.4) is 0 Å². The van der Waals surface area contributed by atoms with Gasteiger partial charge in [0.1, 0.15) is 0 Å². The first-order valence-corrected chi connectivity index (χ1v) is 9.56. The second-order valence-electron chi connectivity index (χ2n) is 5.21. The van der Waals surface area contributed by atoms with Gasteiger partial charge in [0.25, 0.3) is 0 Å². The van der Waals surface area contributed by atoms with Crippen LogP contribution < -0.4 is 10.6 Å². The molecule has 0 aliphatic heterocycles. The number of nitrogens with one attached hydrogen (secondary N) is 2. The molecule has 8 nitrogen and oxygen atoms in total. The Hall–Kier alpha value is -2.90. The molecule has 0 saturated carbocycles. The molecule has 0 aliphatic carbocycles. The van der Waals surface area contributed by atoms with E-state index in [0.717, 1.165) is 11.3 Å². The van der Waals surface area contributed by atoms with Crippen molar-refractivity contribution in [3.8, 4) is 0 Å². The highest BCUT2D eigenvalue weighted by atomic mass is 16.2. The highest BCUT2D eigenvalue weighted by Gasteiger charge is 1.96. The smallest absolute Gasteiger partial charge is 0.219 e. The first-order chi connectivity index (χ1) is 13.5. The van der Waals surface area contributed by atoms with Crippen molar-refractivity contribution in [1.82, 2.24) is 31.0 Å². The van der Waals surface area contributed by atoms with Crippen molar-refractivity contribution in [2.24, 2.45) is 0 Å². The lowest BCUT2D eigenvalue weighted by molar-refractivity contribution is -0.121. The zero-order valence-corrected chi connectivity index (χ0v) is 17.9. The molecule has 0 aliphatic rings. The fourth-order valence-electron chi connectivity index (χ4n) is 1.39. The van der Waals surface area contributed by atoms with Crippen LogP contribution in [-0.4, -0.2) is 32.2 Å². The summed E-state index contributed by atoms with van der Waals surface area (Å²) in [5.74, 6) is -0.0116.